The number of hydrogen-bond acceptors (Lipinski definition) is 2. The van der Waals surface area contributed by atoms with Crippen molar-refractivity contribution < 1.29 is 4.58 Å². The highest BCUT2D eigenvalue weighted by Gasteiger charge is 2.09. The van der Waals surface area contributed by atoms with Gasteiger partial charge >= 0.3 is 0 Å². The van der Waals surface area contributed by atoms with E-state index in [4.69, 9.17) is 0 Å². The van der Waals surface area contributed by atoms with Crippen LogP contribution in [0.4, 0.5) is 11.4 Å². The summed E-state index contributed by atoms with van der Waals surface area (Å²) in [6.07, 6.45) is 4.32. The van der Waals surface area contributed by atoms with Crippen LogP contribution in [0.5, 0.6) is 0 Å². The Labute approximate surface area is 171 Å². The molecule has 28 heavy (non-hydrogen) atoms. The van der Waals surface area contributed by atoms with E-state index < -0.39 is 0 Å². The van der Waals surface area contributed by atoms with Crippen molar-refractivity contribution in [3.05, 3.63) is 65.7 Å². The van der Waals surface area contributed by atoms with Crippen LogP contribution in [0, 0.1) is 0 Å². The molecule has 0 amide bonds. The molecule has 150 valence electrons. The normalized spacial score (nSPS) is 10.4. The van der Waals surface area contributed by atoms with Crippen molar-refractivity contribution in [2.75, 3.05) is 50.1 Å². The molecule has 0 aromatic heterocycles. The second-order valence-electron chi connectivity index (χ2n) is 7.13. The van der Waals surface area contributed by atoms with Crippen LogP contribution in [0.3, 0.4) is 0 Å². The maximum Gasteiger partial charge on any atom is 0.163 e. The third-order valence-corrected chi connectivity index (χ3v) is 5.15. The number of benzene rings is 2. The van der Waals surface area contributed by atoms with Crippen LogP contribution in [0.2, 0.25) is 0 Å². The van der Waals surface area contributed by atoms with E-state index in [9.17, 15) is 0 Å². The average molecular weight is 379 g/mol. The molecule has 2 aromatic rings. The zero-order chi connectivity index (χ0) is 20.5. The van der Waals surface area contributed by atoms with Crippen molar-refractivity contribution >= 4 is 23.2 Å². The van der Waals surface area contributed by atoms with E-state index in [0.29, 0.717) is 0 Å². The van der Waals surface area contributed by atoms with Gasteiger partial charge in [0.15, 0.2) is 6.21 Å². The fourth-order valence-corrected chi connectivity index (χ4v) is 3.46. The van der Waals surface area contributed by atoms with Crippen molar-refractivity contribution in [2.24, 2.45) is 0 Å². The first-order chi connectivity index (χ1) is 13.5. The van der Waals surface area contributed by atoms with Crippen molar-refractivity contribution in [1.82, 2.24) is 0 Å². The van der Waals surface area contributed by atoms with Gasteiger partial charge in [0.2, 0.25) is 0 Å². The molecular weight excluding hydrogens is 342 g/mol. The predicted octanol–water partition coefficient (Wildman–Crippen LogP) is 5.15. The van der Waals surface area contributed by atoms with Crippen molar-refractivity contribution in [3.63, 3.8) is 0 Å². The molecule has 3 nitrogen and oxygen atoms in total. The van der Waals surface area contributed by atoms with E-state index in [1.807, 2.05) is 0 Å². The van der Waals surface area contributed by atoms with Crippen molar-refractivity contribution in [3.8, 4) is 0 Å². The van der Waals surface area contributed by atoms with Gasteiger partial charge in [-0.2, -0.15) is 0 Å². The van der Waals surface area contributed by atoms with E-state index in [0.717, 1.165) is 26.2 Å². The highest BCUT2D eigenvalue weighted by molar-refractivity contribution is 5.90. The van der Waals surface area contributed by atoms with Gasteiger partial charge in [-0.3, -0.25) is 0 Å². The summed E-state index contributed by atoms with van der Waals surface area (Å²) in [7, 11) is 4.11. The minimum Gasteiger partial charge on any atom is -0.372 e. The lowest BCUT2D eigenvalue weighted by atomic mass is 9.97. The fraction of sp³-hybridized carbons (Fsp3) is 0.400. The molecule has 0 fully saturated rings. The third kappa shape index (κ3) is 5.48. The van der Waals surface area contributed by atoms with Gasteiger partial charge in [0.05, 0.1) is 0 Å². The Morgan fingerprint density at radius 1 is 0.679 bits per heavy atom. The SMILES string of the molecule is CCN(CC)c1ccc(C(=CC=[N+](C)C)c2ccc(N(CC)CC)cc2)cc1. The Bertz CT molecular complexity index is 716. The lowest BCUT2D eigenvalue weighted by Crippen LogP contribution is -2.21. The van der Waals surface area contributed by atoms with Gasteiger partial charge in [-0.25, -0.2) is 4.58 Å². The summed E-state index contributed by atoms with van der Waals surface area (Å²) in [6, 6.07) is 17.9. The summed E-state index contributed by atoms with van der Waals surface area (Å²) in [6.45, 7) is 12.9. The summed E-state index contributed by atoms with van der Waals surface area (Å²) in [4.78, 5) is 4.75. The van der Waals surface area contributed by atoms with Crippen LogP contribution in [0.25, 0.3) is 5.57 Å². The number of anilines is 2. The lowest BCUT2D eigenvalue weighted by Gasteiger charge is -2.22. The molecule has 0 bridgehead atoms. The smallest absolute Gasteiger partial charge is 0.163 e. The second-order valence-corrected chi connectivity index (χ2v) is 7.13. The maximum atomic E-state index is 2.37. The minimum atomic E-state index is 1.03. The highest BCUT2D eigenvalue weighted by atomic mass is 15.1. The second kappa shape index (κ2) is 10.7. The molecule has 0 saturated heterocycles. The Kier molecular flexibility index (Phi) is 8.31. The quantitative estimate of drug-likeness (QED) is 0.441. The average Bonchev–Trinajstić information content (AvgIpc) is 2.72. The van der Waals surface area contributed by atoms with E-state index in [1.165, 1.54) is 28.1 Å². The van der Waals surface area contributed by atoms with Crippen molar-refractivity contribution in [2.45, 2.75) is 27.7 Å². The van der Waals surface area contributed by atoms with E-state index >= 15 is 0 Å². The summed E-state index contributed by atoms with van der Waals surface area (Å²) >= 11 is 0. The zero-order valence-electron chi connectivity index (χ0n) is 18.4. The zero-order valence-corrected chi connectivity index (χ0v) is 18.4. The van der Waals surface area contributed by atoms with Gasteiger partial charge in [0.1, 0.15) is 14.1 Å². The fourth-order valence-electron chi connectivity index (χ4n) is 3.46. The first kappa shape index (κ1) is 21.7. The molecule has 0 N–H and O–H groups in total. The first-order valence-corrected chi connectivity index (χ1v) is 10.5. The number of nitrogens with zero attached hydrogens (tertiary/aromatic N) is 3. The monoisotopic (exact) mass is 378 g/mol. The van der Waals surface area contributed by atoms with Gasteiger partial charge < -0.3 is 9.80 Å². The van der Waals surface area contributed by atoms with Gasteiger partial charge in [-0.1, -0.05) is 24.3 Å². The molecule has 3 heteroatoms. The molecule has 0 spiro atoms. The van der Waals surface area contributed by atoms with Gasteiger partial charge in [0, 0.05) is 43.6 Å². The Morgan fingerprint density at radius 2 is 1.04 bits per heavy atom. The molecule has 0 atom stereocenters. The topological polar surface area (TPSA) is 9.49 Å². The summed E-state index contributed by atoms with van der Waals surface area (Å²) in [5, 5.41) is 0. The number of hydrogen-bond donors (Lipinski definition) is 0. The number of rotatable bonds is 9. The van der Waals surface area contributed by atoms with Gasteiger partial charge in [0.25, 0.3) is 0 Å². The number of allylic oxidation sites excluding steroid dienone is 1. The van der Waals surface area contributed by atoms with E-state index in [2.05, 4.69) is 117 Å². The summed E-state index contributed by atoms with van der Waals surface area (Å²) in [5.41, 5.74) is 6.28. The first-order valence-electron chi connectivity index (χ1n) is 10.5. The molecule has 2 rings (SSSR count). The third-order valence-electron chi connectivity index (χ3n) is 5.15. The minimum absolute atomic E-state index is 1.03. The predicted molar refractivity (Wildman–Crippen MR) is 125 cm³/mol. The van der Waals surface area contributed by atoms with Crippen LogP contribution >= 0.6 is 0 Å². The lowest BCUT2D eigenvalue weighted by molar-refractivity contribution is -0.458. The molecule has 0 heterocycles. The van der Waals surface area contributed by atoms with Gasteiger partial charge in [-0.15, -0.1) is 0 Å². The Balaban J connectivity index is 2.41. The maximum absolute atomic E-state index is 2.37. The van der Waals surface area contributed by atoms with Gasteiger partial charge in [-0.05, 0) is 68.7 Å². The molecular formula is C25H36N3+. The van der Waals surface area contributed by atoms with Crippen LogP contribution in [0.1, 0.15) is 38.8 Å². The van der Waals surface area contributed by atoms with Crippen molar-refractivity contribution in [1.29, 1.82) is 0 Å². The summed E-state index contributed by atoms with van der Waals surface area (Å²) < 4.78 is 2.08. The standard InChI is InChI=1S/C25H36N3/c1-7-27(8-2)23-15-11-21(12-16-23)25(19-20-26(5)6)22-13-17-24(18-14-22)28(9-3)10-4/h11-20H,7-10H2,1-6H3/q+1. The molecule has 0 unspecified atom stereocenters. The molecule has 0 saturated carbocycles. The largest absolute Gasteiger partial charge is 0.372 e. The van der Waals surface area contributed by atoms with Crippen LogP contribution in [0.15, 0.2) is 54.6 Å². The molecule has 0 aliphatic rings. The van der Waals surface area contributed by atoms with Crippen LogP contribution in [-0.2, 0) is 0 Å². The molecule has 0 radical (unpaired) electrons. The Morgan fingerprint density at radius 3 is 1.32 bits per heavy atom. The molecule has 0 aliphatic heterocycles. The van der Waals surface area contributed by atoms with Crippen LogP contribution < -0.4 is 9.80 Å². The highest BCUT2D eigenvalue weighted by Crippen LogP contribution is 2.27. The molecule has 0 aliphatic carbocycles. The molecule has 2 aromatic carbocycles. The van der Waals surface area contributed by atoms with E-state index in [1.54, 1.807) is 0 Å². The Hall–Kier alpha value is -2.55. The van der Waals surface area contributed by atoms with Crippen LogP contribution in [-0.4, -0.2) is 51.1 Å². The summed E-state index contributed by atoms with van der Waals surface area (Å²) in [5.74, 6) is 0. The van der Waals surface area contributed by atoms with E-state index in [-0.39, 0.29) is 0 Å².